The highest BCUT2D eigenvalue weighted by molar-refractivity contribution is 8.38. The fourth-order valence-corrected chi connectivity index (χ4v) is 4.35. The van der Waals surface area contributed by atoms with Gasteiger partial charge in [0.05, 0.1) is 12.1 Å². The van der Waals surface area contributed by atoms with Gasteiger partial charge in [-0.2, -0.15) is 0 Å². The van der Waals surface area contributed by atoms with Crippen LogP contribution in [-0.4, -0.2) is 29.2 Å². The van der Waals surface area contributed by atoms with Gasteiger partial charge in [-0.05, 0) is 23.3 Å². The molecular weight excluding hydrogens is 350 g/mol. The molecule has 0 bridgehead atoms. The van der Waals surface area contributed by atoms with Crippen molar-refractivity contribution in [2.75, 3.05) is 18.9 Å². The molecule has 0 amide bonds. The molecule has 3 rings (SSSR count). The summed E-state index contributed by atoms with van der Waals surface area (Å²) >= 11 is 3.46. The molecule has 2 aromatic carbocycles. The first-order valence-corrected chi connectivity index (χ1v) is 10.1. The fraction of sp³-hybridized carbons (Fsp3) is 0.200. The van der Waals surface area contributed by atoms with Gasteiger partial charge in [-0.1, -0.05) is 78.1 Å². The van der Waals surface area contributed by atoms with Crippen molar-refractivity contribution in [2.45, 2.75) is 5.75 Å². The Morgan fingerprint density at radius 3 is 2.76 bits per heavy atom. The summed E-state index contributed by atoms with van der Waals surface area (Å²) in [4.78, 5) is 16.8. The summed E-state index contributed by atoms with van der Waals surface area (Å²) in [6.07, 6.45) is 3.80. The van der Waals surface area contributed by atoms with Crippen molar-refractivity contribution in [1.82, 2.24) is 0 Å². The van der Waals surface area contributed by atoms with Crippen molar-refractivity contribution in [3.8, 4) is 0 Å². The van der Waals surface area contributed by atoms with Gasteiger partial charge in [0.15, 0.2) is 0 Å². The molecule has 1 aliphatic heterocycles. The minimum Gasteiger partial charge on any atom is -0.458 e. The third-order valence-corrected chi connectivity index (χ3v) is 5.87. The van der Waals surface area contributed by atoms with Crippen LogP contribution in [-0.2, 0) is 10.5 Å². The van der Waals surface area contributed by atoms with Gasteiger partial charge in [0.1, 0.15) is 11.0 Å². The lowest BCUT2D eigenvalue weighted by Gasteiger charge is -2.08. The van der Waals surface area contributed by atoms with E-state index in [-0.39, 0.29) is 12.6 Å². The molecule has 25 heavy (non-hydrogen) atoms. The SMILES string of the molecule is O=C(OC/C=C/c1ccccc1)c1ccccc1CSC1=NCCS1. The molecule has 0 aromatic heterocycles. The molecule has 0 spiro atoms. The van der Waals surface area contributed by atoms with Crippen LogP contribution >= 0.6 is 23.5 Å². The Bertz CT molecular complexity index is 772. The molecule has 128 valence electrons. The Labute approximate surface area is 156 Å². The predicted molar refractivity (Wildman–Crippen MR) is 108 cm³/mol. The molecule has 5 heteroatoms. The summed E-state index contributed by atoms with van der Waals surface area (Å²) in [5, 5.41) is 0. The third kappa shape index (κ3) is 5.51. The minimum absolute atomic E-state index is 0.262. The van der Waals surface area contributed by atoms with Crippen LogP contribution in [0, 0.1) is 0 Å². The number of carbonyl (C=O) groups excluding carboxylic acids is 1. The molecule has 0 unspecified atom stereocenters. The lowest BCUT2D eigenvalue weighted by Crippen LogP contribution is -2.08. The second-order valence-electron chi connectivity index (χ2n) is 5.35. The van der Waals surface area contributed by atoms with Crippen LogP contribution in [0.2, 0.25) is 0 Å². The van der Waals surface area contributed by atoms with Crippen LogP contribution in [0.1, 0.15) is 21.5 Å². The number of hydrogen-bond donors (Lipinski definition) is 0. The van der Waals surface area contributed by atoms with Crippen LogP contribution in [0.3, 0.4) is 0 Å². The number of ether oxygens (including phenoxy) is 1. The molecule has 0 aliphatic carbocycles. The van der Waals surface area contributed by atoms with E-state index in [1.54, 1.807) is 23.5 Å². The molecule has 1 heterocycles. The van der Waals surface area contributed by atoms with Crippen molar-refractivity contribution in [3.63, 3.8) is 0 Å². The number of thioether (sulfide) groups is 2. The Morgan fingerprint density at radius 1 is 1.16 bits per heavy atom. The van der Waals surface area contributed by atoms with Crippen LogP contribution in [0.15, 0.2) is 65.7 Å². The summed E-state index contributed by atoms with van der Waals surface area (Å²) in [6.45, 7) is 1.15. The Balaban J connectivity index is 1.55. The van der Waals surface area contributed by atoms with Gasteiger partial charge in [-0.25, -0.2) is 4.79 Å². The summed E-state index contributed by atoms with van der Waals surface area (Å²) in [5.74, 6) is 1.51. The number of aliphatic imine (C=N–C) groups is 1. The number of benzene rings is 2. The van der Waals surface area contributed by atoms with Crippen molar-refractivity contribution in [3.05, 3.63) is 77.4 Å². The standard InChI is InChI=1S/C20H19NO2S2/c22-19(23-13-6-9-16-7-2-1-3-8-16)18-11-5-4-10-17(18)15-25-20-21-12-14-24-20/h1-11H,12-15H2/b9-6+. The molecule has 0 atom stereocenters. The Morgan fingerprint density at radius 2 is 1.96 bits per heavy atom. The van der Waals surface area contributed by atoms with E-state index in [1.807, 2.05) is 66.7 Å². The minimum atomic E-state index is -0.282. The summed E-state index contributed by atoms with van der Waals surface area (Å²) < 4.78 is 6.50. The Kier molecular flexibility index (Phi) is 6.77. The van der Waals surface area contributed by atoms with Gasteiger partial charge < -0.3 is 4.74 Å². The average molecular weight is 370 g/mol. The number of rotatable bonds is 6. The zero-order valence-corrected chi connectivity index (χ0v) is 15.4. The summed E-state index contributed by atoms with van der Waals surface area (Å²) in [7, 11) is 0. The van der Waals surface area contributed by atoms with E-state index >= 15 is 0 Å². The van der Waals surface area contributed by atoms with Gasteiger partial charge in [0.25, 0.3) is 0 Å². The highest BCUT2D eigenvalue weighted by Crippen LogP contribution is 2.26. The first kappa shape index (κ1) is 17.8. The van der Waals surface area contributed by atoms with E-state index in [2.05, 4.69) is 4.99 Å². The van der Waals surface area contributed by atoms with Gasteiger partial charge in [0.2, 0.25) is 0 Å². The molecule has 0 saturated carbocycles. The molecule has 1 aliphatic rings. The highest BCUT2D eigenvalue weighted by Gasteiger charge is 2.14. The average Bonchev–Trinajstić information content (AvgIpc) is 3.18. The second kappa shape index (κ2) is 9.49. The maximum absolute atomic E-state index is 12.4. The molecule has 0 radical (unpaired) electrons. The smallest absolute Gasteiger partial charge is 0.338 e. The zero-order valence-electron chi connectivity index (χ0n) is 13.8. The van der Waals surface area contributed by atoms with Gasteiger partial charge in [-0.15, -0.1) is 0 Å². The van der Waals surface area contributed by atoms with Crippen LogP contribution in [0.25, 0.3) is 6.08 Å². The monoisotopic (exact) mass is 369 g/mol. The second-order valence-corrected chi connectivity index (χ2v) is 7.66. The van der Waals surface area contributed by atoms with Gasteiger partial charge in [0, 0.05) is 11.5 Å². The quantitative estimate of drug-likeness (QED) is 0.680. The number of hydrogen-bond acceptors (Lipinski definition) is 5. The first-order chi connectivity index (χ1) is 12.3. The molecule has 0 fully saturated rings. The topological polar surface area (TPSA) is 38.7 Å². The largest absolute Gasteiger partial charge is 0.458 e. The predicted octanol–water partition coefficient (Wildman–Crippen LogP) is 4.89. The van der Waals surface area contributed by atoms with Crippen molar-refractivity contribution < 1.29 is 9.53 Å². The normalized spacial score (nSPS) is 13.8. The molecule has 2 aromatic rings. The van der Waals surface area contributed by atoms with Crippen molar-refractivity contribution in [1.29, 1.82) is 0 Å². The summed E-state index contributed by atoms with van der Waals surface area (Å²) in [6, 6.07) is 17.6. The molecule has 0 saturated heterocycles. The van der Waals surface area contributed by atoms with E-state index in [4.69, 9.17) is 4.74 Å². The van der Waals surface area contributed by atoms with E-state index < -0.39 is 0 Å². The third-order valence-electron chi connectivity index (χ3n) is 3.57. The molecular formula is C20H19NO2S2. The lowest BCUT2D eigenvalue weighted by molar-refractivity contribution is 0.0549. The number of esters is 1. The summed E-state index contributed by atoms with van der Waals surface area (Å²) in [5.41, 5.74) is 2.71. The number of nitrogens with zero attached hydrogens (tertiary/aromatic N) is 1. The van der Waals surface area contributed by atoms with E-state index in [1.165, 1.54) is 0 Å². The van der Waals surface area contributed by atoms with Crippen molar-refractivity contribution >= 4 is 39.9 Å². The maximum atomic E-state index is 12.4. The Hall–Kier alpha value is -1.98. The molecule has 0 N–H and O–H groups in total. The van der Waals surface area contributed by atoms with Gasteiger partial charge >= 0.3 is 5.97 Å². The van der Waals surface area contributed by atoms with E-state index in [0.29, 0.717) is 5.56 Å². The maximum Gasteiger partial charge on any atom is 0.338 e. The lowest BCUT2D eigenvalue weighted by atomic mass is 10.1. The van der Waals surface area contributed by atoms with Crippen LogP contribution in [0.4, 0.5) is 0 Å². The molecule has 3 nitrogen and oxygen atoms in total. The zero-order chi connectivity index (χ0) is 17.3. The van der Waals surface area contributed by atoms with Crippen LogP contribution in [0.5, 0.6) is 0 Å². The first-order valence-electron chi connectivity index (χ1n) is 8.09. The van der Waals surface area contributed by atoms with Gasteiger partial charge in [-0.3, -0.25) is 4.99 Å². The number of carbonyl (C=O) groups is 1. The van der Waals surface area contributed by atoms with E-state index in [0.717, 1.165) is 33.6 Å². The van der Waals surface area contributed by atoms with Crippen LogP contribution < -0.4 is 0 Å². The fourth-order valence-electron chi connectivity index (χ4n) is 2.34. The van der Waals surface area contributed by atoms with E-state index in [9.17, 15) is 4.79 Å². The highest BCUT2D eigenvalue weighted by atomic mass is 32.2. The van der Waals surface area contributed by atoms with Crippen molar-refractivity contribution in [2.24, 2.45) is 4.99 Å².